The number of benzene rings is 1. The second-order valence-electron chi connectivity index (χ2n) is 10.3. The van der Waals surface area contributed by atoms with E-state index in [-0.39, 0.29) is 17.2 Å². The molecule has 40 heavy (non-hydrogen) atoms. The smallest absolute Gasteiger partial charge is 0.226 e. The summed E-state index contributed by atoms with van der Waals surface area (Å²) in [7, 11) is 4.13. The fourth-order valence-corrected chi connectivity index (χ4v) is 4.84. The van der Waals surface area contributed by atoms with Crippen LogP contribution in [0.5, 0.6) is 0 Å². The highest BCUT2D eigenvalue weighted by molar-refractivity contribution is 6.30. The highest BCUT2D eigenvalue weighted by Crippen LogP contribution is 2.25. The topological polar surface area (TPSA) is 116 Å². The van der Waals surface area contributed by atoms with Crippen molar-refractivity contribution in [3.8, 4) is 0 Å². The maximum Gasteiger partial charge on any atom is 0.226 e. The second kappa shape index (κ2) is 13.8. The highest BCUT2D eigenvalue weighted by Gasteiger charge is 2.17. The lowest BCUT2D eigenvalue weighted by Crippen LogP contribution is -2.45. The molecule has 1 aromatic carbocycles. The minimum Gasteiger partial charge on any atom is -0.398 e. The van der Waals surface area contributed by atoms with Gasteiger partial charge in [0.15, 0.2) is 0 Å². The Bertz CT molecular complexity index is 1300. The molecule has 9 nitrogen and oxygen atoms in total. The number of likely N-dealkylation sites (N-methyl/N-ethyl adjacent to an activating group) is 2. The van der Waals surface area contributed by atoms with Gasteiger partial charge in [-0.15, -0.1) is 0 Å². The molecule has 4 rings (SSSR count). The molecule has 2 aromatic rings. The molecule has 0 spiro atoms. The Morgan fingerprint density at radius 1 is 1.07 bits per heavy atom. The number of carbonyl (C=O) groups excluding carboxylic acids is 1. The number of carbonyl (C=O) groups is 1. The SMILES string of the molecule is CN1CCN(CCC(=O)Nc2cc(NC(/C=C(\N)c3cc(Cl)ccc3F)=C(/N)C3=CCCN(C)C3)ccn2)CC1. The van der Waals surface area contributed by atoms with Crippen molar-refractivity contribution in [1.29, 1.82) is 0 Å². The van der Waals surface area contributed by atoms with Crippen LogP contribution in [0, 0.1) is 5.82 Å². The van der Waals surface area contributed by atoms with E-state index in [1.165, 1.54) is 18.2 Å². The van der Waals surface area contributed by atoms with Crippen molar-refractivity contribution in [1.82, 2.24) is 19.7 Å². The second-order valence-corrected chi connectivity index (χ2v) is 10.7. The van der Waals surface area contributed by atoms with Gasteiger partial charge in [-0.2, -0.15) is 0 Å². The van der Waals surface area contributed by atoms with Crippen molar-refractivity contribution in [2.24, 2.45) is 11.5 Å². The van der Waals surface area contributed by atoms with Gasteiger partial charge in [-0.25, -0.2) is 9.37 Å². The van der Waals surface area contributed by atoms with Gasteiger partial charge in [0.1, 0.15) is 11.6 Å². The zero-order valence-corrected chi connectivity index (χ0v) is 23.8. The van der Waals surface area contributed by atoms with Crippen molar-refractivity contribution in [2.45, 2.75) is 12.8 Å². The minimum absolute atomic E-state index is 0.102. The van der Waals surface area contributed by atoms with Gasteiger partial charge in [0.25, 0.3) is 0 Å². The van der Waals surface area contributed by atoms with Gasteiger partial charge < -0.3 is 36.8 Å². The zero-order valence-electron chi connectivity index (χ0n) is 23.1. The first-order chi connectivity index (χ1) is 19.2. The Morgan fingerprint density at radius 2 is 1.85 bits per heavy atom. The third-order valence-corrected chi connectivity index (χ3v) is 7.31. The number of nitrogens with zero attached hydrogens (tertiary/aromatic N) is 4. The summed E-state index contributed by atoms with van der Waals surface area (Å²) in [5.41, 5.74) is 15.9. The van der Waals surface area contributed by atoms with Crippen LogP contribution in [0.1, 0.15) is 18.4 Å². The van der Waals surface area contributed by atoms with Crippen LogP contribution in [0.2, 0.25) is 5.02 Å². The van der Waals surface area contributed by atoms with Crippen molar-refractivity contribution >= 4 is 34.7 Å². The molecule has 11 heteroatoms. The first-order valence-corrected chi connectivity index (χ1v) is 13.8. The van der Waals surface area contributed by atoms with E-state index < -0.39 is 5.82 Å². The molecule has 0 radical (unpaired) electrons. The zero-order chi connectivity index (χ0) is 28.6. The lowest BCUT2D eigenvalue weighted by atomic mass is 10.0. The van der Waals surface area contributed by atoms with Crippen LogP contribution in [-0.2, 0) is 4.79 Å². The van der Waals surface area contributed by atoms with E-state index in [2.05, 4.69) is 43.4 Å². The molecule has 1 amide bonds. The fourth-order valence-electron chi connectivity index (χ4n) is 4.66. The minimum atomic E-state index is -0.488. The summed E-state index contributed by atoms with van der Waals surface area (Å²) in [5.74, 6) is -0.172. The average Bonchev–Trinajstić information content (AvgIpc) is 2.93. The Labute approximate surface area is 240 Å². The fraction of sp³-hybridized carbons (Fsp3) is 0.379. The number of hydrogen-bond acceptors (Lipinski definition) is 8. The van der Waals surface area contributed by atoms with Gasteiger partial charge in [-0.3, -0.25) is 4.79 Å². The highest BCUT2D eigenvalue weighted by atomic mass is 35.5. The van der Waals surface area contributed by atoms with Gasteiger partial charge >= 0.3 is 0 Å². The van der Waals surface area contributed by atoms with Crippen LogP contribution >= 0.6 is 11.6 Å². The quantitative estimate of drug-likeness (QED) is 0.341. The van der Waals surface area contributed by atoms with Gasteiger partial charge in [-0.1, -0.05) is 17.7 Å². The van der Waals surface area contributed by atoms with E-state index in [0.29, 0.717) is 47.4 Å². The molecule has 6 N–H and O–H groups in total. The molecular formula is C29H38ClFN8O. The first-order valence-electron chi connectivity index (χ1n) is 13.4. The third-order valence-electron chi connectivity index (χ3n) is 7.07. The van der Waals surface area contributed by atoms with Crippen LogP contribution in [0.15, 0.2) is 65.6 Å². The summed E-state index contributed by atoms with van der Waals surface area (Å²) >= 11 is 6.10. The third kappa shape index (κ3) is 8.28. The number of aromatic nitrogens is 1. The molecule has 0 saturated carbocycles. The summed E-state index contributed by atoms with van der Waals surface area (Å²) in [4.78, 5) is 23.7. The number of piperazine rings is 1. The number of amides is 1. The van der Waals surface area contributed by atoms with E-state index in [9.17, 15) is 9.18 Å². The lowest BCUT2D eigenvalue weighted by Gasteiger charge is -2.32. The predicted octanol–water partition coefficient (Wildman–Crippen LogP) is 3.29. The first kappa shape index (κ1) is 29.5. The maximum absolute atomic E-state index is 14.6. The largest absolute Gasteiger partial charge is 0.398 e. The molecule has 1 aromatic heterocycles. The van der Waals surface area contributed by atoms with Gasteiger partial charge in [0, 0.05) is 86.5 Å². The molecule has 0 bridgehead atoms. The van der Waals surface area contributed by atoms with Gasteiger partial charge in [-0.05, 0) is 56.4 Å². The Balaban J connectivity index is 1.53. The molecule has 0 aliphatic carbocycles. The molecule has 214 valence electrons. The summed E-state index contributed by atoms with van der Waals surface area (Å²) < 4.78 is 14.6. The van der Waals surface area contributed by atoms with Crippen LogP contribution in [0.3, 0.4) is 0 Å². The average molecular weight is 569 g/mol. The number of nitrogens with two attached hydrogens (primary N) is 2. The normalized spacial score (nSPS) is 18.2. The summed E-state index contributed by atoms with van der Waals surface area (Å²) in [6.45, 7) is 6.24. The molecule has 1 saturated heterocycles. The number of halogens is 2. The number of rotatable bonds is 9. The standard InChI is InChI=1S/C29H38ClFN8O/c1-37-12-14-39(15-13-37)11-8-28(40)36-27-17-22(7-9-34-27)35-26(29(33)20-4-3-10-38(2)19-20)18-25(32)23-16-21(30)5-6-24(23)31/h4-7,9,16-18H,3,8,10-15,19,32-33H2,1-2H3,(H2,34,35,36,40)/b25-18-,29-26+. The number of pyridine rings is 1. The lowest BCUT2D eigenvalue weighted by molar-refractivity contribution is -0.116. The van der Waals surface area contributed by atoms with Crippen molar-refractivity contribution in [3.05, 3.63) is 82.1 Å². The van der Waals surface area contributed by atoms with E-state index >= 15 is 0 Å². The van der Waals surface area contributed by atoms with E-state index in [0.717, 1.165) is 44.7 Å². The predicted molar refractivity (Wildman–Crippen MR) is 160 cm³/mol. The number of nitrogens with one attached hydrogen (secondary N) is 2. The summed E-state index contributed by atoms with van der Waals surface area (Å²) in [6, 6.07) is 7.72. The van der Waals surface area contributed by atoms with Crippen LogP contribution < -0.4 is 22.1 Å². The van der Waals surface area contributed by atoms with Gasteiger partial charge in [0.2, 0.25) is 5.91 Å². The molecule has 1 fully saturated rings. The Morgan fingerprint density at radius 3 is 2.60 bits per heavy atom. The Hall–Kier alpha value is -3.44. The van der Waals surface area contributed by atoms with Crippen LogP contribution in [0.25, 0.3) is 5.70 Å². The maximum atomic E-state index is 14.6. The van der Waals surface area contributed by atoms with E-state index in [1.54, 1.807) is 24.4 Å². The van der Waals surface area contributed by atoms with Crippen LogP contribution in [0.4, 0.5) is 15.9 Å². The number of hydrogen-bond donors (Lipinski definition) is 4. The van der Waals surface area contributed by atoms with Crippen molar-refractivity contribution in [3.63, 3.8) is 0 Å². The van der Waals surface area contributed by atoms with Gasteiger partial charge in [0.05, 0.1) is 11.4 Å². The monoisotopic (exact) mass is 568 g/mol. The molecule has 3 heterocycles. The summed E-state index contributed by atoms with van der Waals surface area (Å²) in [6.07, 6.45) is 6.55. The van der Waals surface area contributed by atoms with E-state index in [1.807, 2.05) is 7.05 Å². The molecular weight excluding hydrogens is 531 g/mol. The summed E-state index contributed by atoms with van der Waals surface area (Å²) in [5, 5.41) is 6.57. The van der Waals surface area contributed by atoms with Crippen LogP contribution in [-0.4, -0.2) is 85.5 Å². The molecule has 2 aliphatic rings. The number of anilines is 2. The van der Waals surface area contributed by atoms with Crippen molar-refractivity contribution < 1.29 is 9.18 Å². The molecule has 0 unspecified atom stereocenters. The van der Waals surface area contributed by atoms with Crippen molar-refractivity contribution in [2.75, 3.05) is 70.5 Å². The number of allylic oxidation sites excluding steroid dienone is 1. The molecule has 0 atom stereocenters. The Kier molecular flexibility index (Phi) is 10.2. The molecule has 2 aliphatic heterocycles. The van der Waals surface area contributed by atoms with E-state index in [4.69, 9.17) is 23.1 Å².